The molecular weight excluding hydrogens is 538 g/mol. The van der Waals surface area contributed by atoms with Gasteiger partial charge in [-0.15, -0.1) is 0 Å². The molecule has 0 aliphatic heterocycles. The third kappa shape index (κ3) is 5.46. The first-order chi connectivity index (χ1) is 17.9. The average Bonchev–Trinajstić information content (AvgIpc) is 3.30. The second-order valence-electron chi connectivity index (χ2n) is 8.50. The Morgan fingerprint density at radius 1 is 1.11 bits per heavy atom. The molecule has 0 amide bonds. The molecule has 0 fully saturated rings. The Hall–Kier alpha value is -4.24. The molecule has 0 aliphatic rings. The molecule has 0 N–H and O–H groups in total. The molecule has 3 aromatic carbocycles. The molecule has 0 saturated carbocycles. The summed E-state index contributed by atoms with van der Waals surface area (Å²) in [5.74, 6) is 0.784. The smallest absolute Gasteiger partial charge is 0.344 e. The van der Waals surface area contributed by atoms with Gasteiger partial charge in [0.2, 0.25) is 5.82 Å². The van der Waals surface area contributed by atoms with E-state index >= 15 is 0 Å². The summed E-state index contributed by atoms with van der Waals surface area (Å²) < 4.78 is 18.7. The van der Waals surface area contributed by atoms with Crippen LogP contribution in [0.15, 0.2) is 91.6 Å². The van der Waals surface area contributed by atoms with Crippen LogP contribution in [0.25, 0.3) is 33.5 Å². The zero-order valence-electron chi connectivity index (χ0n) is 20.1. The number of hydrogen-bond donors (Lipinski definition) is 0. The highest BCUT2D eigenvalue weighted by atomic mass is 79.9. The Bertz CT molecular complexity index is 1690. The standard InChI is InChI=1S/C28H22BrN3O5/c1-17(2)36-26(33)16-35-21-10-7-18(8-11-21)15-30-32-27(31-23-6-4-3-5-22(23)28(32)34)25-14-19-13-20(29)9-12-24(19)37-25/h3-15,17H,16H2,1-2H3. The van der Waals surface area contributed by atoms with Gasteiger partial charge in [-0.2, -0.15) is 9.78 Å². The monoisotopic (exact) mass is 559 g/mol. The zero-order chi connectivity index (χ0) is 25.9. The van der Waals surface area contributed by atoms with Gasteiger partial charge in [0.1, 0.15) is 11.3 Å². The lowest BCUT2D eigenvalue weighted by Gasteiger charge is -2.09. The highest BCUT2D eigenvalue weighted by molar-refractivity contribution is 9.10. The molecule has 0 bridgehead atoms. The summed E-state index contributed by atoms with van der Waals surface area (Å²) in [6.07, 6.45) is 1.35. The fraction of sp³-hybridized carbons (Fsp3) is 0.143. The summed E-state index contributed by atoms with van der Waals surface area (Å²) in [5, 5.41) is 5.77. The highest BCUT2D eigenvalue weighted by Gasteiger charge is 2.16. The van der Waals surface area contributed by atoms with Crippen molar-refractivity contribution >= 4 is 50.0 Å². The van der Waals surface area contributed by atoms with Crippen molar-refractivity contribution < 1.29 is 18.7 Å². The van der Waals surface area contributed by atoms with Crippen LogP contribution in [-0.2, 0) is 9.53 Å². The van der Waals surface area contributed by atoms with E-state index < -0.39 is 5.97 Å². The van der Waals surface area contributed by atoms with Gasteiger partial charge in [-0.25, -0.2) is 9.78 Å². The van der Waals surface area contributed by atoms with Crippen LogP contribution in [0.3, 0.4) is 0 Å². The van der Waals surface area contributed by atoms with E-state index in [2.05, 4.69) is 21.0 Å². The third-order valence-corrected chi connectivity index (χ3v) is 5.87. The van der Waals surface area contributed by atoms with Gasteiger partial charge in [0.15, 0.2) is 12.4 Å². The summed E-state index contributed by atoms with van der Waals surface area (Å²) in [5.41, 5.74) is 1.62. The second-order valence-corrected chi connectivity index (χ2v) is 9.42. The fourth-order valence-corrected chi connectivity index (χ4v) is 4.11. The van der Waals surface area contributed by atoms with Crippen LogP contribution >= 0.6 is 15.9 Å². The van der Waals surface area contributed by atoms with E-state index in [0.717, 1.165) is 15.4 Å². The van der Waals surface area contributed by atoms with Gasteiger partial charge in [-0.3, -0.25) is 4.79 Å². The van der Waals surface area contributed by atoms with Crippen LogP contribution in [0.1, 0.15) is 19.4 Å². The van der Waals surface area contributed by atoms with E-state index in [0.29, 0.717) is 28.0 Å². The van der Waals surface area contributed by atoms with Gasteiger partial charge in [-0.1, -0.05) is 28.1 Å². The molecule has 0 saturated heterocycles. The molecule has 186 valence electrons. The minimum absolute atomic E-state index is 0.179. The number of carbonyl (C=O) groups is 1. The first kappa shape index (κ1) is 24.5. The fourth-order valence-electron chi connectivity index (χ4n) is 3.73. The molecule has 2 heterocycles. The van der Waals surface area contributed by atoms with Crippen molar-refractivity contribution in [1.29, 1.82) is 0 Å². The quantitative estimate of drug-likeness (QED) is 0.185. The molecule has 9 heteroatoms. The summed E-state index contributed by atoms with van der Waals surface area (Å²) in [4.78, 5) is 29.8. The van der Waals surface area contributed by atoms with Crippen molar-refractivity contribution in [3.63, 3.8) is 0 Å². The largest absolute Gasteiger partial charge is 0.482 e. The maximum Gasteiger partial charge on any atom is 0.344 e. The first-order valence-corrected chi connectivity index (χ1v) is 12.3. The number of aromatic nitrogens is 2. The van der Waals surface area contributed by atoms with E-state index in [-0.39, 0.29) is 24.1 Å². The van der Waals surface area contributed by atoms with E-state index in [1.807, 2.05) is 30.3 Å². The van der Waals surface area contributed by atoms with Gasteiger partial charge >= 0.3 is 5.97 Å². The van der Waals surface area contributed by atoms with Crippen LogP contribution in [0.2, 0.25) is 0 Å². The van der Waals surface area contributed by atoms with E-state index in [1.54, 1.807) is 62.5 Å². The molecule has 0 spiro atoms. The van der Waals surface area contributed by atoms with E-state index in [1.165, 1.54) is 4.68 Å². The minimum Gasteiger partial charge on any atom is -0.482 e. The van der Waals surface area contributed by atoms with Crippen LogP contribution < -0.4 is 10.3 Å². The van der Waals surface area contributed by atoms with Crippen LogP contribution in [-0.4, -0.2) is 34.6 Å². The number of esters is 1. The number of nitrogens with zero attached hydrogens (tertiary/aromatic N) is 3. The number of benzene rings is 3. The number of furan rings is 1. The second kappa shape index (κ2) is 10.4. The SMILES string of the molecule is CC(C)OC(=O)COc1ccc(C=Nn2c(-c3cc4cc(Br)ccc4o3)nc3ccccc3c2=O)cc1. The Morgan fingerprint density at radius 3 is 2.68 bits per heavy atom. The molecule has 8 nitrogen and oxygen atoms in total. The Morgan fingerprint density at radius 2 is 1.89 bits per heavy atom. The van der Waals surface area contributed by atoms with Gasteiger partial charge in [-0.05, 0) is 80.1 Å². The van der Waals surface area contributed by atoms with Crippen molar-refractivity contribution in [3.05, 3.63) is 93.2 Å². The maximum atomic E-state index is 13.4. The Balaban J connectivity index is 1.47. The van der Waals surface area contributed by atoms with Crippen molar-refractivity contribution in [2.75, 3.05) is 6.61 Å². The summed E-state index contributed by atoms with van der Waals surface area (Å²) in [7, 11) is 0. The molecular formula is C28H22BrN3O5. The molecule has 0 atom stereocenters. The lowest BCUT2D eigenvalue weighted by molar-refractivity contribution is -0.149. The van der Waals surface area contributed by atoms with Gasteiger partial charge in [0, 0.05) is 9.86 Å². The molecule has 2 aromatic heterocycles. The summed E-state index contributed by atoms with van der Waals surface area (Å²) >= 11 is 3.47. The van der Waals surface area contributed by atoms with E-state index in [4.69, 9.17) is 18.9 Å². The van der Waals surface area contributed by atoms with Gasteiger partial charge in [0.05, 0.1) is 23.2 Å². The molecule has 5 aromatic rings. The lowest BCUT2D eigenvalue weighted by atomic mass is 10.2. The van der Waals surface area contributed by atoms with Crippen LogP contribution in [0.5, 0.6) is 5.75 Å². The number of para-hydroxylation sites is 1. The minimum atomic E-state index is -0.436. The highest BCUT2D eigenvalue weighted by Crippen LogP contribution is 2.29. The van der Waals surface area contributed by atoms with Gasteiger partial charge < -0.3 is 13.9 Å². The number of rotatable bonds is 7. The Kier molecular flexibility index (Phi) is 6.87. The molecule has 0 radical (unpaired) electrons. The average molecular weight is 560 g/mol. The van der Waals surface area contributed by atoms with Crippen molar-refractivity contribution in [2.45, 2.75) is 20.0 Å². The Labute approximate surface area is 220 Å². The predicted octanol–water partition coefficient (Wildman–Crippen LogP) is 5.78. The van der Waals surface area contributed by atoms with Crippen LogP contribution in [0.4, 0.5) is 0 Å². The van der Waals surface area contributed by atoms with Crippen molar-refractivity contribution in [1.82, 2.24) is 9.66 Å². The van der Waals surface area contributed by atoms with Crippen LogP contribution in [0, 0.1) is 0 Å². The normalized spacial score (nSPS) is 11.6. The summed E-state index contributed by atoms with van der Waals surface area (Å²) in [6, 6.07) is 21.6. The third-order valence-electron chi connectivity index (χ3n) is 5.38. The number of fused-ring (bicyclic) bond motifs is 2. The lowest BCUT2D eigenvalue weighted by Crippen LogP contribution is -2.20. The van der Waals surface area contributed by atoms with Crippen molar-refractivity contribution in [3.8, 4) is 17.3 Å². The molecule has 0 aliphatic carbocycles. The van der Waals surface area contributed by atoms with Crippen molar-refractivity contribution in [2.24, 2.45) is 5.10 Å². The van der Waals surface area contributed by atoms with E-state index in [9.17, 15) is 9.59 Å². The van der Waals surface area contributed by atoms with Gasteiger partial charge in [0.25, 0.3) is 5.56 Å². The molecule has 37 heavy (non-hydrogen) atoms. The molecule has 0 unspecified atom stereocenters. The maximum absolute atomic E-state index is 13.4. The number of halogens is 1. The molecule has 5 rings (SSSR count). The number of hydrogen-bond acceptors (Lipinski definition) is 7. The summed E-state index contributed by atoms with van der Waals surface area (Å²) in [6.45, 7) is 3.38. The first-order valence-electron chi connectivity index (χ1n) is 11.6. The predicted molar refractivity (Wildman–Crippen MR) is 145 cm³/mol. The number of ether oxygens (including phenoxy) is 2. The zero-order valence-corrected chi connectivity index (χ0v) is 21.6. The number of carbonyl (C=O) groups excluding carboxylic acids is 1. The topological polar surface area (TPSA) is 95.9 Å².